The normalized spacial score (nSPS) is 13.1. The van der Waals surface area contributed by atoms with Gasteiger partial charge in [0.05, 0.1) is 12.7 Å². The molecule has 1 rings (SSSR count). The fourth-order valence-electron chi connectivity index (χ4n) is 3.36. The van der Waals surface area contributed by atoms with Gasteiger partial charge in [0.15, 0.2) is 0 Å². The Hall–Kier alpha value is -2.41. The van der Waals surface area contributed by atoms with Crippen LogP contribution >= 0.6 is 0 Å². The molecule has 0 spiro atoms. The largest absolute Gasteiger partial charge is 0.374 e. The number of amides is 3. The Morgan fingerprint density at radius 3 is 2.03 bits per heavy atom. The van der Waals surface area contributed by atoms with E-state index in [1.54, 1.807) is 6.92 Å². The average molecular weight is 476 g/mol. The van der Waals surface area contributed by atoms with Crippen LogP contribution in [0.25, 0.3) is 0 Å². The first-order chi connectivity index (χ1) is 16.0. The number of nitrogens with one attached hydrogen (secondary N) is 3. The van der Waals surface area contributed by atoms with Gasteiger partial charge in [0.2, 0.25) is 17.7 Å². The van der Waals surface area contributed by atoms with E-state index in [1.807, 2.05) is 52.0 Å². The number of carbonyl (C=O) groups excluding carboxylic acids is 3. The molecule has 0 aromatic heterocycles. The Morgan fingerprint density at radius 1 is 0.824 bits per heavy atom. The van der Waals surface area contributed by atoms with E-state index in [0.29, 0.717) is 24.6 Å². The molecule has 0 unspecified atom stereocenters. The van der Waals surface area contributed by atoms with Crippen molar-refractivity contribution >= 4 is 23.4 Å². The molecule has 0 aliphatic rings. The molecular weight excluding hydrogens is 430 g/mol. The molecule has 0 fully saturated rings. The lowest BCUT2D eigenvalue weighted by molar-refractivity contribution is -0.131. The molecule has 7 heteroatoms. The van der Waals surface area contributed by atoms with Crippen molar-refractivity contribution in [2.75, 3.05) is 5.32 Å². The number of anilines is 1. The van der Waals surface area contributed by atoms with Gasteiger partial charge in [-0.2, -0.15) is 0 Å². The van der Waals surface area contributed by atoms with Crippen molar-refractivity contribution in [1.82, 2.24) is 10.6 Å². The van der Waals surface area contributed by atoms with Gasteiger partial charge in [0.25, 0.3) is 0 Å². The highest BCUT2D eigenvalue weighted by molar-refractivity contribution is 5.98. The van der Waals surface area contributed by atoms with Crippen LogP contribution in [0.3, 0.4) is 0 Å². The zero-order valence-corrected chi connectivity index (χ0v) is 22.1. The number of hydrogen-bond donors (Lipinski definition) is 3. The molecule has 2 atom stereocenters. The Balaban J connectivity index is 2.52. The van der Waals surface area contributed by atoms with Crippen LogP contribution in [0.15, 0.2) is 24.3 Å². The Bertz CT molecular complexity index is 760. The predicted octanol–water partition coefficient (Wildman–Crippen LogP) is 4.80. The van der Waals surface area contributed by atoms with E-state index in [1.165, 1.54) is 0 Å². The molecule has 0 saturated carbocycles. The fourth-order valence-corrected chi connectivity index (χ4v) is 3.36. The number of unbranched alkanes of at least 4 members (excludes halogenated alkanes) is 2. The van der Waals surface area contributed by atoms with E-state index in [2.05, 4.69) is 29.8 Å². The molecule has 3 amide bonds. The van der Waals surface area contributed by atoms with E-state index >= 15 is 0 Å². The van der Waals surface area contributed by atoms with Crippen molar-refractivity contribution in [1.29, 1.82) is 0 Å². The first kappa shape index (κ1) is 29.6. The van der Waals surface area contributed by atoms with E-state index in [9.17, 15) is 14.4 Å². The van der Waals surface area contributed by atoms with Crippen LogP contribution in [0, 0.1) is 11.8 Å². The molecular formula is C27H45N3O4. The van der Waals surface area contributed by atoms with Crippen LogP contribution in [0.5, 0.6) is 0 Å². The van der Waals surface area contributed by atoms with Gasteiger partial charge in [-0.25, -0.2) is 0 Å². The zero-order chi connectivity index (χ0) is 25.7. The number of benzene rings is 1. The smallest absolute Gasteiger partial charge is 0.246 e. The Labute approximate surface area is 205 Å². The molecule has 0 aliphatic heterocycles. The minimum atomic E-state index is -0.745. The third-order valence-corrected chi connectivity index (χ3v) is 5.51. The van der Waals surface area contributed by atoms with Gasteiger partial charge < -0.3 is 20.7 Å². The summed E-state index contributed by atoms with van der Waals surface area (Å²) in [5, 5.41) is 8.39. The lowest BCUT2D eigenvalue weighted by atomic mass is 10.0. The van der Waals surface area contributed by atoms with Crippen LogP contribution in [0.2, 0.25) is 0 Å². The summed E-state index contributed by atoms with van der Waals surface area (Å²) in [5.41, 5.74) is 1.66. The summed E-state index contributed by atoms with van der Waals surface area (Å²) in [4.78, 5) is 37.7. The second-order valence-corrected chi connectivity index (χ2v) is 10.1. The third-order valence-electron chi connectivity index (χ3n) is 5.51. The molecule has 34 heavy (non-hydrogen) atoms. The van der Waals surface area contributed by atoms with Crippen LogP contribution < -0.4 is 16.0 Å². The molecule has 0 radical (unpaired) electrons. The van der Waals surface area contributed by atoms with E-state index in [0.717, 1.165) is 31.2 Å². The van der Waals surface area contributed by atoms with Gasteiger partial charge in [-0.1, -0.05) is 59.1 Å². The minimum absolute atomic E-state index is 0.0965. The fraction of sp³-hybridized carbons (Fsp3) is 0.667. The lowest BCUT2D eigenvalue weighted by Crippen LogP contribution is -2.53. The van der Waals surface area contributed by atoms with Gasteiger partial charge in [0.1, 0.15) is 12.1 Å². The number of rotatable bonds is 15. The maximum Gasteiger partial charge on any atom is 0.246 e. The molecule has 1 aromatic rings. The Kier molecular flexibility index (Phi) is 13.5. The topological polar surface area (TPSA) is 96.5 Å². The molecule has 0 aliphatic carbocycles. The maximum atomic E-state index is 12.8. The van der Waals surface area contributed by atoms with E-state index in [-0.39, 0.29) is 29.7 Å². The third kappa shape index (κ3) is 12.2. The summed E-state index contributed by atoms with van der Waals surface area (Å²) in [6, 6.07) is 5.99. The van der Waals surface area contributed by atoms with Crippen molar-refractivity contribution in [2.45, 2.75) is 105 Å². The van der Waals surface area contributed by atoms with Crippen molar-refractivity contribution in [3.8, 4) is 0 Å². The molecule has 0 saturated heterocycles. The number of carbonyl (C=O) groups is 3. The zero-order valence-electron chi connectivity index (χ0n) is 22.1. The molecule has 192 valence electrons. The van der Waals surface area contributed by atoms with Crippen molar-refractivity contribution in [2.24, 2.45) is 11.8 Å². The number of ether oxygens (including phenoxy) is 1. The number of hydrogen-bond acceptors (Lipinski definition) is 4. The second-order valence-electron chi connectivity index (χ2n) is 10.1. The molecule has 1 aromatic carbocycles. The standard InChI is InChI=1S/C27H45N3O4/c1-18(2)11-9-8-10-12-24(31)30-25(19(3)4)27(33)28-21(7)26(32)29-23-15-13-22(14-16-23)17-34-20(5)6/h13-16,18-21,25H,8-12,17H2,1-7H3,(H,28,33)(H,29,32)(H,30,31)/t21-,25-/m0/s1. The van der Waals surface area contributed by atoms with Crippen LogP contribution in [-0.4, -0.2) is 35.9 Å². The van der Waals surface area contributed by atoms with Gasteiger partial charge >= 0.3 is 0 Å². The molecule has 0 bridgehead atoms. The van der Waals surface area contributed by atoms with Gasteiger partial charge in [0, 0.05) is 12.1 Å². The van der Waals surface area contributed by atoms with E-state index < -0.39 is 12.1 Å². The highest BCUT2D eigenvalue weighted by Crippen LogP contribution is 2.12. The van der Waals surface area contributed by atoms with Gasteiger partial charge in [-0.15, -0.1) is 0 Å². The van der Waals surface area contributed by atoms with Crippen LogP contribution in [0.1, 0.15) is 86.1 Å². The summed E-state index contributed by atoms with van der Waals surface area (Å²) >= 11 is 0. The molecule has 7 nitrogen and oxygen atoms in total. The SMILES string of the molecule is CC(C)CCCCCC(=O)N[C@H](C(=O)N[C@@H](C)C(=O)Nc1ccc(COC(C)C)cc1)C(C)C. The van der Waals surface area contributed by atoms with Gasteiger partial charge in [-0.05, 0) is 56.7 Å². The highest BCUT2D eigenvalue weighted by atomic mass is 16.5. The van der Waals surface area contributed by atoms with Crippen molar-refractivity contribution < 1.29 is 19.1 Å². The summed E-state index contributed by atoms with van der Waals surface area (Å²) in [7, 11) is 0. The maximum absolute atomic E-state index is 12.8. The second kappa shape index (κ2) is 15.5. The Morgan fingerprint density at radius 2 is 1.47 bits per heavy atom. The first-order valence-electron chi connectivity index (χ1n) is 12.6. The highest BCUT2D eigenvalue weighted by Gasteiger charge is 2.26. The van der Waals surface area contributed by atoms with Crippen LogP contribution in [-0.2, 0) is 25.7 Å². The van der Waals surface area contributed by atoms with Crippen molar-refractivity contribution in [3.05, 3.63) is 29.8 Å². The van der Waals surface area contributed by atoms with Gasteiger partial charge in [-0.3, -0.25) is 14.4 Å². The first-order valence-corrected chi connectivity index (χ1v) is 12.6. The quantitative estimate of drug-likeness (QED) is 0.317. The summed E-state index contributed by atoms with van der Waals surface area (Å²) in [5.74, 6) is -0.228. The van der Waals surface area contributed by atoms with Crippen LogP contribution in [0.4, 0.5) is 5.69 Å². The monoisotopic (exact) mass is 475 g/mol. The predicted molar refractivity (Wildman–Crippen MR) is 137 cm³/mol. The molecule has 0 heterocycles. The summed E-state index contributed by atoms with van der Waals surface area (Å²) < 4.78 is 5.58. The summed E-state index contributed by atoms with van der Waals surface area (Å²) in [6.45, 7) is 14.2. The lowest BCUT2D eigenvalue weighted by Gasteiger charge is -2.24. The average Bonchev–Trinajstić information content (AvgIpc) is 2.76. The van der Waals surface area contributed by atoms with Crippen molar-refractivity contribution in [3.63, 3.8) is 0 Å². The van der Waals surface area contributed by atoms with E-state index in [4.69, 9.17) is 4.74 Å². The summed E-state index contributed by atoms with van der Waals surface area (Å²) in [6.07, 6.45) is 4.65. The molecule has 3 N–H and O–H groups in total. The minimum Gasteiger partial charge on any atom is -0.374 e.